The molecule has 9 nitrogen and oxygen atoms in total. The number of nitrogens with zero attached hydrogens (tertiary/aromatic N) is 3. The van der Waals surface area contributed by atoms with Gasteiger partial charge < -0.3 is 10.0 Å². The van der Waals surface area contributed by atoms with E-state index in [2.05, 4.69) is 5.73 Å². The van der Waals surface area contributed by atoms with Crippen molar-refractivity contribution in [2.24, 2.45) is 14.1 Å². The number of fused-ring (bicyclic) bond motifs is 1. The molecule has 10 heteroatoms. The van der Waals surface area contributed by atoms with Gasteiger partial charge in [0.05, 0.1) is 5.75 Å². The van der Waals surface area contributed by atoms with Gasteiger partial charge in [0, 0.05) is 37.4 Å². The summed E-state index contributed by atoms with van der Waals surface area (Å²) in [6, 6.07) is 7.81. The molecule has 176 valence electrons. The number of aromatic hydroxyl groups is 1. The minimum absolute atomic E-state index is 0.0618. The van der Waals surface area contributed by atoms with Crippen LogP contribution in [0.1, 0.15) is 31.4 Å². The van der Waals surface area contributed by atoms with Crippen molar-refractivity contribution in [1.82, 2.24) is 9.13 Å². The molecule has 1 aliphatic rings. The van der Waals surface area contributed by atoms with Crippen molar-refractivity contribution < 1.29 is 18.1 Å². The van der Waals surface area contributed by atoms with E-state index in [4.69, 9.17) is 4.55 Å². The summed E-state index contributed by atoms with van der Waals surface area (Å²) >= 11 is 0. The molecule has 0 saturated carbocycles. The normalized spacial score (nSPS) is 15.9. The molecule has 1 aromatic heterocycles. The second-order valence-electron chi connectivity index (χ2n) is 8.41. The molecule has 0 unspecified atom stereocenters. The first kappa shape index (κ1) is 24.3. The first-order chi connectivity index (χ1) is 15.4. The lowest BCUT2D eigenvalue weighted by Crippen LogP contribution is -2.37. The zero-order valence-electron chi connectivity index (χ0n) is 18.9. The zero-order chi connectivity index (χ0) is 24.6. The Morgan fingerprint density at radius 2 is 1.79 bits per heavy atom. The van der Waals surface area contributed by atoms with E-state index in [1.807, 2.05) is 49.1 Å². The summed E-state index contributed by atoms with van der Waals surface area (Å²) in [5, 5.41) is 10.2. The maximum Gasteiger partial charge on any atom is 0.333 e. The molecular weight excluding hydrogens is 446 g/mol. The number of aromatic nitrogens is 2. The SMILES string of the molecule is Cn1c(O)c(C=C=CC=C2N(CCCS(=O)(=O)O)c3ccccc3C2(C)C)c(=O)n(C)c1=O. The quantitative estimate of drug-likeness (QED) is 0.485. The molecule has 0 saturated heterocycles. The molecule has 2 N–H and O–H groups in total. The van der Waals surface area contributed by atoms with Gasteiger partial charge in [0.15, 0.2) is 0 Å². The van der Waals surface area contributed by atoms with Crippen molar-refractivity contribution in [2.45, 2.75) is 25.7 Å². The molecule has 2 heterocycles. The predicted octanol–water partition coefficient (Wildman–Crippen LogP) is 1.92. The monoisotopic (exact) mass is 473 g/mol. The van der Waals surface area contributed by atoms with Crippen LogP contribution < -0.4 is 16.1 Å². The number of rotatable bonds is 6. The number of allylic oxidation sites excluding steroid dienone is 3. The minimum atomic E-state index is -4.06. The van der Waals surface area contributed by atoms with E-state index in [1.54, 1.807) is 6.08 Å². The van der Waals surface area contributed by atoms with Crippen molar-refractivity contribution in [3.8, 4) is 5.88 Å². The van der Waals surface area contributed by atoms with E-state index in [1.165, 1.54) is 20.2 Å². The Bertz CT molecular complexity index is 1410. The van der Waals surface area contributed by atoms with Gasteiger partial charge in [0.25, 0.3) is 15.7 Å². The Morgan fingerprint density at radius 1 is 1.12 bits per heavy atom. The van der Waals surface area contributed by atoms with E-state index in [0.29, 0.717) is 6.54 Å². The molecule has 2 aromatic rings. The smallest absolute Gasteiger partial charge is 0.333 e. The van der Waals surface area contributed by atoms with Gasteiger partial charge in [-0.05, 0) is 36.3 Å². The number of hydrogen-bond acceptors (Lipinski definition) is 6. The molecule has 3 rings (SSSR count). The summed E-state index contributed by atoms with van der Waals surface area (Å²) in [7, 11) is -1.37. The van der Waals surface area contributed by atoms with Crippen LogP contribution in [0.2, 0.25) is 0 Å². The zero-order valence-corrected chi connectivity index (χ0v) is 19.8. The highest BCUT2D eigenvalue weighted by Gasteiger charge is 2.39. The lowest BCUT2D eigenvalue weighted by molar-refractivity contribution is 0.410. The fourth-order valence-electron chi connectivity index (χ4n) is 4.03. The Balaban J connectivity index is 2.01. The molecule has 33 heavy (non-hydrogen) atoms. The van der Waals surface area contributed by atoms with Gasteiger partial charge in [0.2, 0.25) is 5.88 Å². The summed E-state index contributed by atoms with van der Waals surface area (Å²) in [5.41, 5.74) is 4.07. The lowest BCUT2D eigenvalue weighted by Gasteiger charge is -2.26. The maximum atomic E-state index is 12.3. The van der Waals surface area contributed by atoms with Crippen LogP contribution in [0.4, 0.5) is 5.69 Å². The Hall–Kier alpha value is -3.33. The average molecular weight is 474 g/mol. The molecule has 0 fully saturated rings. The van der Waals surface area contributed by atoms with Crippen molar-refractivity contribution in [3.63, 3.8) is 0 Å². The first-order valence-electron chi connectivity index (χ1n) is 10.3. The molecule has 0 aliphatic carbocycles. The first-order valence-corrected chi connectivity index (χ1v) is 11.9. The highest BCUT2D eigenvalue weighted by Crippen LogP contribution is 2.47. The largest absolute Gasteiger partial charge is 0.494 e. The molecular formula is C23H27N3O6S. The fourth-order valence-corrected chi connectivity index (χ4v) is 4.53. The standard InChI is InChI=1S/C23H27N3O6S/c1-23(2)17-11-6-7-12-18(17)26(14-9-15-33(30,31)32)19(23)13-8-5-10-16-20(27)24(3)22(29)25(4)21(16)28/h6-8,10-13,27H,9,14-15H2,1-4H3,(H,30,31,32). The third-order valence-corrected chi connectivity index (χ3v) is 6.62. The van der Waals surface area contributed by atoms with Gasteiger partial charge in [-0.15, -0.1) is 5.73 Å². The van der Waals surface area contributed by atoms with Crippen LogP contribution in [0.3, 0.4) is 0 Å². The van der Waals surface area contributed by atoms with E-state index in [0.717, 1.165) is 26.1 Å². The van der Waals surface area contributed by atoms with Gasteiger partial charge in [-0.2, -0.15) is 8.42 Å². The van der Waals surface area contributed by atoms with Crippen LogP contribution >= 0.6 is 0 Å². The molecule has 1 aromatic carbocycles. The summed E-state index contributed by atoms with van der Waals surface area (Å²) < 4.78 is 33.3. The van der Waals surface area contributed by atoms with Crippen molar-refractivity contribution in [3.05, 3.63) is 79.8 Å². The van der Waals surface area contributed by atoms with E-state index < -0.39 is 27.2 Å². The topological polar surface area (TPSA) is 122 Å². The molecule has 0 amide bonds. The van der Waals surface area contributed by atoms with E-state index in [-0.39, 0.29) is 23.2 Å². The van der Waals surface area contributed by atoms with Crippen LogP contribution in [-0.4, -0.2) is 39.5 Å². The highest BCUT2D eigenvalue weighted by molar-refractivity contribution is 7.85. The average Bonchev–Trinajstić information content (AvgIpc) is 2.96. The van der Waals surface area contributed by atoms with Crippen LogP contribution in [0.15, 0.2) is 57.4 Å². The Labute approximate surface area is 192 Å². The fraction of sp³-hybridized carbons (Fsp3) is 0.348. The third kappa shape index (κ3) is 4.73. The van der Waals surface area contributed by atoms with Crippen LogP contribution in [0.25, 0.3) is 6.08 Å². The van der Waals surface area contributed by atoms with Crippen molar-refractivity contribution >= 4 is 21.9 Å². The van der Waals surface area contributed by atoms with E-state index in [9.17, 15) is 23.1 Å². The lowest BCUT2D eigenvalue weighted by atomic mass is 9.84. The maximum absolute atomic E-state index is 12.3. The third-order valence-electron chi connectivity index (χ3n) is 5.82. The van der Waals surface area contributed by atoms with Crippen LogP contribution in [-0.2, 0) is 29.6 Å². The molecule has 1 aliphatic heterocycles. The van der Waals surface area contributed by atoms with Crippen LogP contribution in [0.5, 0.6) is 5.88 Å². The number of benzene rings is 1. The Kier molecular flexibility index (Phi) is 6.56. The van der Waals surface area contributed by atoms with Crippen LogP contribution in [0, 0.1) is 0 Å². The number of para-hydroxylation sites is 1. The number of anilines is 1. The van der Waals surface area contributed by atoms with Crippen molar-refractivity contribution in [2.75, 3.05) is 17.2 Å². The Morgan fingerprint density at radius 3 is 2.45 bits per heavy atom. The van der Waals surface area contributed by atoms with Crippen molar-refractivity contribution in [1.29, 1.82) is 0 Å². The molecule has 0 bridgehead atoms. The predicted molar refractivity (Wildman–Crippen MR) is 127 cm³/mol. The van der Waals surface area contributed by atoms with E-state index >= 15 is 0 Å². The molecule has 0 atom stereocenters. The summed E-state index contributed by atoms with van der Waals surface area (Å²) in [4.78, 5) is 26.2. The summed E-state index contributed by atoms with van der Waals surface area (Å²) in [6.45, 7) is 4.48. The summed E-state index contributed by atoms with van der Waals surface area (Å²) in [6.07, 6.45) is 4.96. The van der Waals surface area contributed by atoms with Gasteiger partial charge >= 0.3 is 5.69 Å². The second kappa shape index (κ2) is 8.90. The summed E-state index contributed by atoms with van der Waals surface area (Å²) in [5.74, 6) is -0.790. The highest BCUT2D eigenvalue weighted by atomic mass is 32.2. The minimum Gasteiger partial charge on any atom is -0.494 e. The second-order valence-corrected chi connectivity index (χ2v) is 9.98. The molecule has 0 radical (unpaired) electrons. The van der Waals surface area contributed by atoms with Gasteiger partial charge in [-0.3, -0.25) is 18.5 Å². The van der Waals surface area contributed by atoms with Gasteiger partial charge in [-0.25, -0.2) is 4.79 Å². The molecule has 0 spiro atoms. The number of hydrogen-bond donors (Lipinski definition) is 2. The van der Waals surface area contributed by atoms with Gasteiger partial charge in [-0.1, -0.05) is 32.0 Å². The van der Waals surface area contributed by atoms with Gasteiger partial charge in [0.1, 0.15) is 5.56 Å².